The zero-order valence-corrected chi connectivity index (χ0v) is 9.55. The van der Waals surface area contributed by atoms with Crippen LogP contribution in [0.15, 0.2) is 30.3 Å². The number of aromatic nitrogens is 2. The molecule has 1 heterocycles. The normalized spacial score (nSPS) is 12.7. The molecule has 0 aliphatic rings. The molecule has 0 saturated carbocycles. The van der Waals surface area contributed by atoms with Crippen LogP contribution in [0, 0.1) is 6.92 Å². The smallest absolute Gasteiger partial charge is 0.137 e. The largest absolute Gasteiger partial charge is 0.342 e. The van der Waals surface area contributed by atoms with E-state index >= 15 is 0 Å². The van der Waals surface area contributed by atoms with Crippen LogP contribution < -0.4 is 0 Å². The molecule has 0 aliphatic heterocycles. The molecule has 15 heavy (non-hydrogen) atoms. The Morgan fingerprint density at radius 3 is 2.47 bits per heavy atom. The van der Waals surface area contributed by atoms with Crippen molar-refractivity contribution in [3.63, 3.8) is 0 Å². The summed E-state index contributed by atoms with van der Waals surface area (Å²) in [5, 5.41) is -0.0567. The van der Waals surface area contributed by atoms with E-state index in [1.54, 1.807) is 0 Å². The highest BCUT2D eigenvalue weighted by Crippen LogP contribution is 2.24. The number of aryl methyl sites for hydroxylation is 1. The van der Waals surface area contributed by atoms with Crippen LogP contribution in [0.3, 0.4) is 0 Å². The lowest BCUT2D eigenvalue weighted by molar-refractivity contribution is 0.998. The Bertz CT molecular complexity index is 446. The fraction of sp³-hybridized carbons (Fsp3) is 0.250. The van der Waals surface area contributed by atoms with E-state index in [4.69, 9.17) is 11.6 Å². The standard InChI is InChI=1S/C12H13ClN2/c1-8(13)11-9(2)14-12(15-11)10-6-4-3-5-7-10/h3-8H,1-2H3,(H,14,15). The van der Waals surface area contributed by atoms with E-state index in [0.29, 0.717) is 0 Å². The monoisotopic (exact) mass is 220 g/mol. The number of halogens is 1. The van der Waals surface area contributed by atoms with Gasteiger partial charge in [-0.25, -0.2) is 4.98 Å². The number of imidazole rings is 1. The minimum absolute atomic E-state index is 0.0567. The van der Waals surface area contributed by atoms with Gasteiger partial charge in [0.15, 0.2) is 0 Å². The number of aromatic amines is 1. The third kappa shape index (κ3) is 2.05. The van der Waals surface area contributed by atoms with E-state index in [-0.39, 0.29) is 5.38 Å². The minimum Gasteiger partial charge on any atom is -0.342 e. The molecule has 0 radical (unpaired) electrons. The Hall–Kier alpha value is -1.28. The van der Waals surface area contributed by atoms with Crippen LogP contribution in [-0.4, -0.2) is 9.97 Å². The molecule has 1 unspecified atom stereocenters. The van der Waals surface area contributed by atoms with E-state index < -0.39 is 0 Å². The molecule has 1 N–H and O–H groups in total. The summed E-state index contributed by atoms with van der Waals surface area (Å²) >= 11 is 6.03. The maximum absolute atomic E-state index is 6.03. The van der Waals surface area contributed by atoms with E-state index in [9.17, 15) is 0 Å². The highest BCUT2D eigenvalue weighted by atomic mass is 35.5. The molecule has 0 bridgehead atoms. The van der Waals surface area contributed by atoms with E-state index in [1.165, 1.54) is 0 Å². The molecule has 0 saturated heterocycles. The number of nitrogens with one attached hydrogen (secondary N) is 1. The number of rotatable bonds is 2. The Morgan fingerprint density at radius 2 is 1.93 bits per heavy atom. The predicted octanol–water partition coefficient (Wildman–Crippen LogP) is 3.68. The van der Waals surface area contributed by atoms with Crippen molar-refractivity contribution in [3.8, 4) is 11.4 Å². The van der Waals surface area contributed by atoms with Gasteiger partial charge >= 0.3 is 0 Å². The van der Waals surface area contributed by atoms with Crippen molar-refractivity contribution in [2.45, 2.75) is 19.2 Å². The summed E-state index contributed by atoms with van der Waals surface area (Å²) in [6.07, 6.45) is 0. The number of hydrogen-bond acceptors (Lipinski definition) is 1. The molecule has 1 atom stereocenters. The van der Waals surface area contributed by atoms with Crippen molar-refractivity contribution in [1.29, 1.82) is 0 Å². The van der Waals surface area contributed by atoms with E-state index in [2.05, 4.69) is 9.97 Å². The van der Waals surface area contributed by atoms with E-state index in [1.807, 2.05) is 44.2 Å². The first-order chi connectivity index (χ1) is 7.18. The second-order valence-electron chi connectivity index (χ2n) is 3.58. The summed E-state index contributed by atoms with van der Waals surface area (Å²) in [7, 11) is 0. The Morgan fingerprint density at radius 1 is 1.27 bits per heavy atom. The third-order valence-electron chi connectivity index (χ3n) is 2.35. The SMILES string of the molecule is Cc1[nH]c(-c2ccccc2)nc1C(C)Cl. The second-order valence-corrected chi connectivity index (χ2v) is 4.23. The fourth-order valence-corrected chi connectivity index (χ4v) is 1.81. The number of hydrogen-bond donors (Lipinski definition) is 1. The summed E-state index contributed by atoms with van der Waals surface area (Å²) in [6, 6.07) is 10.0. The lowest BCUT2D eigenvalue weighted by atomic mass is 10.2. The van der Waals surface area contributed by atoms with Gasteiger partial charge in [-0.1, -0.05) is 30.3 Å². The highest BCUT2D eigenvalue weighted by molar-refractivity contribution is 6.20. The van der Waals surface area contributed by atoms with Gasteiger partial charge < -0.3 is 4.98 Å². The summed E-state index contributed by atoms with van der Waals surface area (Å²) in [5.74, 6) is 0.885. The van der Waals surface area contributed by atoms with Crippen LogP contribution in [-0.2, 0) is 0 Å². The van der Waals surface area contributed by atoms with Crippen LogP contribution in [0.2, 0.25) is 0 Å². The number of alkyl halides is 1. The highest BCUT2D eigenvalue weighted by Gasteiger charge is 2.11. The molecule has 0 aliphatic carbocycles. The van der Waals surface area contributed by atoms with Crippen LogP contribution in [0.25, 0.3) is 11.4 Å². The Kier molecular flexibility index (Phi) is 2.78. The second kappa shape index (κ2) is 4.07. The van der Waals surface area contributed by atoms with Crippen LogP contribution in [0.4, 0.5) is 0 Å². The van der Waals surface area contributed by atoms with Crippen molar-refractivity contribution in [1.82, 2.24) is 9.97 Å². The number of benzene rings is 1. The molecular weight excluding hydrogens is 208 g/mol. The zero-order chi connectivity index (χ0) is 10.8. The molecule has 2 rings (SSSR count). The Labute approximate surface area is 94.3 Å². The number of H-pyrrole nitrogens is 1. The third-order valence-corrected chi connectivity index (χ3v) is 2.55. The Balaban J connectivity index is 2.43. The van der Waals surface area contributed by atoms with Gasteiger partial charge in [-0.2, -0.15) is 0 Å². The molecule has 1 aromatic carbocycles. The predicted molar refractivity (Wildman–Crippen MR) is 63.0 cm³/mol. The molecule has 2 nitrogen and oxygen atoms in total. The lowest BCUT2D eigenvalue weighted by Gasteiger charge is -1.97. The summed E-state index contributed by atoms with van der Waals surface area (Å²) < 4.78 is 0. The maximum atomic E-state index is 6.03. The summed E-state index contributed by atoms with van der Waals surface area (Å²) in [4.78, 5) is 7.74. The molecule has 1 aromatic heterocycles. The van der Waals surface area contributed by atoms with Gasteiger partial charge in [-0.15, -0.1) is 11.6 Å². The zero-order valence-electron chi connectivity index (χ0n) is 8.79. The van der Waals surface area contributed by atoms with E-state index in [0.717, 1.165) is 22.8 Å². The molecule has 0 fully saturated rings. The van der Waals surface area contributed by atoms with Crippen molar-refractivity contribution in [3.05, 3.63) is 41.7 Å². The van der Waals surface area contributed by atoms with Gasteiger partial charge in [0.05, 0.1) is 11.1 Å². The van der Waals surface area contributed by atoms with Crippen LogP contribution >= 0.6 is 11.6 Å². The first-order valence-electron chi connectivity index (χ1n) is 4.94. The molecule has 0 spiro atoms. The lowest BCUT2D eigenvalue weighted by Crippen LogP contribution is -1.87. The van der Waals surface area contributed by atoms with Gasteiger partial charge in [-0.05, 0) is 13.8 Å². The van der Waals surface area contributed by atoms with Gasteiger partial charge in [0.1, 0.15) is 5.82 Å². The van der Waals surface area contributed by atoms with Crippen molar-refractivity contribution >= 4 is 11.6 Å². The molecule has 0 amide bonds. The molecule has 2 aromatic rings. The molecule has 3 heteroatoms. The number of nitrogens with zero attached hydrogens (tertiary/aromatic N) is 1. The molecule has 78 valence electrons. The maximum Gasteiger partial charge on any atom is 0.137 e. The average Bonchev–Trinajstić information content (AvgIpc) is 2.62. The van der Waals surface area contributed by atoms with Crippen molar-refractivity contribution in [2.24, 2.45) is 0 Å². The van der Waals surface area contributed by atoms with Gasteiger partial charge in [0, 0.05) is 11.3 Å². The average molecular weight is 221 g/mol. The van der Waals surface area contributed by atoms with Crippen molar-refractivity contribution in [2.75, 3.05) is 0 Å². The first-order valence-corrected chi connectivity index (χ1v) is 5.38. The van der Waals surface area contributed by atoms with Crippen LogP contribution in [0.5, 0.6) is 0 Å². The molecular formula is C12H13ClN2. The first kappa shape index (κ1) is 10.2. The van der Waals surface area contributed by atoms with Gasteiger partial charge in [0.25, 0.3) is 0 Å². The fourth-order valence-electron chi connectivity index (χ4n) is 1.59. The van der Waals surface area contributed by atoms with Gasteiger partial charge in [0.2, 0.25) is 0 Å². The topological polar surface area (TPSA) is 28.7 Å². The summed E-state index contributed by atoms with van der Waals surface area (Å²) in [6.45, 7) is 3.92. The van der Waals surface area contributed by atoms with Gasteiger partial charge in [-0.3, -0.25) is 0 Å². The quantitative estimate of drug-likeness (QED) is 0.769. The van der Waals surface area contributed by atoms with Crippen molar-refractivity contribution < 1.29 is 0 Å². The summed E-state index contributed by atoms with van der Waals surface area (Å²) in [5.41, 5.74) is 3.05. The minimum atomic E-state index is -0.0567. The van der Waals surface area contributed by atoms with Crippen LogP contribution in [0.1, 0.15) is 23.7 Å².